The van der Waals surface area contributed by atoms with Crippen molar-refractivity contribution in [2.24, 2.45) is 0 Å². The van der Waals surface area contributed by atoms with Crippen LogP contribution in [0.3, 0.4) is 0 Å². The maximum atomic E-state index is 12.2. The lowest BCUT2D eigenvalue weighted by Crippen LogP contribution is -2.42. The first-order chi connectivity index (χ1) is 13.0. The number of rotatable bonds is 6. The second-order valence-corrected chi connectivity index (χ2v) is 6.89. The minimum atomic E-state index is -0.0577. The summed E-state index contributed by atoms with van der Waals surface area (Å²) in [5.74, 6) is 0.209. The molecule has 3 rings (SSSR count). The van der Waals surface area contributed by atoms with Crippen molar-refractivity contribution in [1.82, 2.24) is 4.90 Å². The van der Waals surface area contributed by atoms with Crippen molar-refractivity contribution in [3.05, 3.63) is 54.1 Å². The molecule has 0 aliphatic carbocycles. The van der Waals surface area contributed by atoms with Crippen LogP contribution in [0.25, 0.3) is 0 Å². The van der Waals surface area contributed by atoms with E-state index in [1.54, 1.807) is 36.4 Å². The number of likely N-dealkylation sites (tertiary alicyclic amines) is 1. The van der Waals surface area contributed by atoms with Gasteiger partial charge in [0.1, 0.15) is 5.75 Å². The molecule has 1 saturated heterocycles. The second kappa shape index (κ2) is 8.68. The normalized spacial score (nSPS) is 15.3. The first kappa shape index (κ1) is 18.9. The average molecular weight is 367 g/mol. The summed E-state index contributed by atoms with van der Waals surface area (Å²) in [5.41, 5.74) is 2.08. The zero-order valence-corrected chi connectivity index (χ0v) is 15.4. The Labute approximate surface area is 159 Å². The van der Waals surface area contributed by atoms with Crippen LogP contribution in [-0.2, 0) is 4.79 Å². The summed E-state index contributed by atoms with van der Waals surface area (Å²) >= 11 is 0. The molecule has 0 unspecified atom stereocenters. The molecule has 0 atom stereocenters. The number of Topliss-reactive ketones (excluding diaryl/α,β-unsaturated/α-hetero) is 1. The number of ketones is 1. The van der Waals surface area contributed by atoms with Gasteiger partial charge in [0.05, 0.1) is 12.2 Å². The van der Waals surface area contributed by atoms with Gasteiger partial charge in [-0.05, 0) is 56.2 Å². The van der Waals surface area contributed by atoms with E-state index in [-0.39, 0.29) is 23.5 Å². The third-order valence-corrected chi connectivity index (χ3v) is 4.79. The number of phenolic OH excluding ortho intramolecular Hbond substituents is 1. The Kier molecular flexibility index (Phi) is 6.08. The van der Waals surface area contributed by atoms with Gasteiger partial charge in [-0.25, -0.2) is 0 Å². The SMILES string of the molecule is CC(=O)c1ccc(NC(=O)CN2CCC(Nc3ccccc3O)CC2)cc1. The molecule has 0 saturated carbocycles. The first-order valence-electron chi connectivity index (χ1n) is 9.19. The first-order valence-corrected chi connectivity index (χ1v) is 9.19. The van der Waals surface area contributed by atoms with E-state index in [4.69, 9.17) is 0 Å². The van der Waals surface area contributed by atoms with Gasteiger partial charge in [0.2, 0.25) is 5.91 Å². The fourth-order valence-electron chi connectivity index (χ4n) is 3.24. The molecule has 1 aliphatic rings. The standard InChI is InChI=1S/C21H25N3O3/c1-15(25)16-6-8-17(9-7-16)23-21(27)14-24-12-10-18(11-13-24)22-19-4-2-3-5-20(19)26/h2-9,18,22,26H,10-14H2,1H3,(H,23,27). The lowest BCUT2D eigenvalue weighted by molar-refractivity contribution is -0.117. The number of phenols is 1. The highest BCUT2D eigenvalue weighted by Gasteiger charge is 2.21. The van der Waals surface area contributed by atoms with Crippen LogP contribution >= 0.6 is 0 Å². The maximum Gasteiger partial charge on any atom is 0.238 e. The molecule has 27 heavy (non-hydrogen) atoms. The van der Waals surface area contributed by atoms with Crippen LogP contribution in [0.5, 0.6) is 5.75 Å². The molecule has 0 spiro atoms. The van der Waals surface area contributed by atoms with Crippen molar-refractivity contribution < 1.29 is 14.7 Å². The van der Waals surface area contributed by atoms with Crippen molar-refractivity contribution in [2.75, 3.05) is 30.3 Å². The van der Waals surface area contributed by atoms with Crippen LogP contribution in [0.1, 0.15) is 30.1 Å². The molecule has 2 aromatic carbocycles. The van der Waals surface area contributed by atoms with E-state index in [1.807, 2.05) is 12.1 Å². The van der Waals surface area contributed by atoms with Crippen molar-refractivity contribution in [3.63, 3.8) is 0 Å². The van der Waals surface area contributed by atoms with Crippen LogP contribution in [-0.4, -0.2) is 47.4 Å². The van der Waals surface area contributed by atoms with Crippen molar-refractivity contribution in [3.8, 4) is 5.75 Å². The van der Waals surface area contributed by atoms with E-state index in [0.29, 0.717) is 17.8 Å². The fourth-order valence-corrected chi connectivity index (χ4v) is 3.24. The van der Waals surface area contributed by atoms with Gasteiger partial charge in [0.15, 0.2) is 5.78 Å². The monoisotopic (exact) mass is 367 g/mol. The predicted molar refractivity (Wildman–Crippen MR) is 106 cm³/mol. The van der Waals surface area contributed by atoms with E-state index in [2.05, 4.69) is 15.5 Å². The maximum absolute atomic E-state index is 12.2. The van der Waals surface area contributed by atoms with E-state index >= 15 is 0 Å². The van der Waals surface area contributed by atoms with Gasteiger partial charge in [-0.1, -0.05) is 12.1 Å². The molecule has 142 valence electrons. The Balaban J connectivity index is 1.44. The van der Waals surface area contributed by atoms with Crippen molar-refractivity contribution in [2.45, 2.75) is 25.8 Å². The Morgan fingerprint density at radius 1 is 1.07 bits per heavy atom. The van der Waals surface area contributed by atoms with E-state index in [0.717, 1.165) is 31.6 Å². The molecular formula is C21H25N3O3. The largest absolute Gasteiger partial charge is 0.506 e. The van der Waals surface area contributed by atoms with Gasteiger partial charge in [-0.2, -0.15) is 0 Å². The van der Waals surface area contributed by atoms with E-state index in [1.165, 1.54) is 6.92 Å². The number of piperidine rings is 1. The van der Waals surface area contributed by atoms with Gasteiger partial charge in [-0.3, -0.25) is 14.5 Å². The molecule has 6 nitrogen and oxygen atoms in total. The number of amides is 1. The topological polar surface area (TPSA) is 81.7 Å². The summed E-state index contributed by atoms with van der Waals surface area (Å²) in [5, 5.41) is 16.1. The number of carbonyl (C=O) groups is 2. The van der Waals surface area contributed by atoms with Crippen LogP contribution < -0.4 is 10.6 Å². The number of para-hydroxylation sites is 2. The molecule has 6 heteroatoms. The lowest BCUT2D eigenvalue weighted by Gasteiger charge is -2.32. The number of nitrogens with zero attached hydrogens (tertiary/aromatic N) is 1. The Morgan fingerprint density at radius 2 is 1.74 bits per heavy atom. The molecule has 3 N–H and O–H groups in total. The molecule has 0 aromatic heterocycles. The van der Waals surface area contributed by atoms with Gasteiger partial charge in [0, 0.05) is 30.4 Å². The zero-order valence-electron chi connectivity index (χ0n) is 15.4. The summed E-state index contributed by atoms with van der Waals surface area (Å²) in [7, 11) is 0. The Morgan fingerprint density at radius 3 is 2.37 bits per heavy atom. The van der Waals surface area contributed by atoms with E-state index < -0.39 is 0 Å². The summed E-state index contributed by atoms with van der Waals surface area (Å²) in [6, 6.07) is 14.4. The molecule has 0 bridgehead atoms. The summed E-state index contributed by atoms with van der Waals surface area (Å²) in [6.07, 6.45) is 1.82. The van der Waals surface area contributed by atoms with Crippen LogP contribution in [0.4, 0.5) is 11.4 Å². The smallest absolute Gasteiger partial charge is 0.238 e. The highest BCUT2D eigenvalue weighted by molar-refractivity contribution is 5.96. The van der Waals surface area contributed by atoms with Crippen LogP contribution in [0.15, 0.2) is 48.5 Å². The van der Waals surface area contributed by atoms with Gasteiger partial charge in [0.25, 0.3) is 0 Å². The van der Waals surface area contributed by atoms with Crippen LogP contribution in [0, 0.1) is 0 Å². The number of benzene rings is 2. The van der Waals surface area contributed by atoms with Gasteiger partial charge in [-0.15, -0.1) is 0 Å². The molecule has 1 fully saturated rings. The molecule has 2 aromatic rings. The van der Waals surface area contributed by atoms with Gasteiger partial charge < -0.3 is 15.7 Å². The van der Waals surface area contributed by atoms with Gasteiger partial charge >= 0.3 is 0 Å². The zero-order chi connectivity index (χ0) is 19.2. The summed E-state index contributed by atoms with van der Waals surface area (Å²) in [6.45, 7) is 3.51. The molecule has 1 heterocycles. The third kappa shape index (κ3) is 5.31. The van der Waals surface area contributed by atoms with Crippen molar-refractivity contribution >= 4 is 23.1 Å². The minimum Gasteiger partial charge on any atom is -0.506 e. The fraction of sp³-hybridized carbons (Fsp3) is 0.333. The average Bonchev–Trinajstić information content (AvgIpc) is 2.65. The second-order valence-electron chi connectivity index (χ2n) is 6.89. The number of anilines is 2. The number of carbonyl (C=O) groups excluding carboxylic acids is 2. The number of aromatic hydroxyl groups is 1. The lowest BCUT2D eigenvalue weighted by atomic mass is 10.0. The third-order valence-electron chi connectivity index (χ3n) is 4.79. The predicted octanol–water partition coefficient (Wildman–Crippen LogP) is 3.11. The highest BCUT2D eigenvalue weighted by Crippen LogP contribution is 2.24. The summed E-state index contributed by atoms with van der Waals surface area (Å²) in [4.78, 5) is 25.7. The quantitative estimate of drug-likeness (QED) is 0.540. The molecule has 1 amide bonds. The molecular weight excluding hydrogens is 342 g/mol. The number of hydrogen-bond donors (Lipinski definition) is 3. The van der Waals surface area contributed by atoms with E-state index in [9.17, 15) is 14.7 Å². The molecule has 0 radical (unpaired) electrons. The van der Waals surface area contributed by atoms with Crippen molar-refractivity contribution in [1.29, 1.82) is 0 Å². The number of nitrogens with one attached hydrogen (secondary N) is 2. The Hall–Kier alpha value is -2.86. The Bertz CT molecular complexity index is 797. The number of hydrogen-bond acceptors (Lipinski definition) is 5. The minimum absolute atomic E-state index is 0.00757. The summed E-state index contributed by atoms with van der Waals surface area (Å²) < 4.78 is 0. The highest BCUT2D eigenvalue weighted by atomic mass is 16.3. The molecule has 1 aliphatic heterocycles. The van der Waals surface area contributed by atoms with Crippen LogP contribution in [0.2, 0.25) is 0 Å².